The van der Waals surface area contributed by atoms with E-state index in [0.29, 0.717) is 11.9 Å². The first-order valence-corrected chi connectivity index (χ1v) is 8.41. The molecule has 0 aromatic heterocycles. The van der Waals surface area contributed by atoms with E-state index in [1.54, 1.807) is 0 Å². The van der Waals surface area contributed by atoms with E-state index >= 15 is 0 Å². The van der Waals surface area contributed by atoms with Crippen molar-refractivity contribution in [2.24, 2.45) is 0 Å². The molecular weight excluding hydrogens is 270 g/mol. The zero-order chi connectivity index (χ0) is 13.8. The Morgan fingerprint density at radius 1 is 1.20 bits per heavy atom. The zero-order valence-electron chi connectivity index (χ0n) is 12.1. The fourth-order valence-electron chi connectivity index (χ4n) is 3.64. The van der Waals surface area contributed by atoms with Crippen molar-refractivity contribution < 1.29 is 4.74 Å². The average molecular weight is 294 g/mol. The molecule has 1 aliphatic heterocycles. The second-order valence-corrected chi connectivity index (χ2v) is 6.31. The highest BCUT2D eigenvalue weighted by Crippen LogP contribution is 2.30. The molecule has 1 heterocycles. The summed E-state index contributed by atoms with van der Waals surface area (Å²) in [5, 5.41) is 0. The summed E-state index contributed by atoms with van der Waals surface area (Å²) >= 11 is 6.01. The Labute approximate surface area is 127 Å². The Bertz CT molecular complexity index is 431. The maximum absolute atomic E-state index is 6.06. The minimum Gasteiger partial charge on any atom is -0.372 e. The van der Waals surface area contributed by atoms with Crippen LogP contribution in [0.25, 0.3) is 0 Å². The molecule has 2 aliphatic rings. The van der Waals surface area contributed by atoms with Gasteiger partial charge < -0.3 is 4.74 Å². The van der Waals surface area contributed by atoms with Crippen LogP contribution in [0.2, 0.25) is 0 Å². The van der Waals surface area contributed by atoms with Crippen molar-refractivity contribution in [3.63, 3.8) is 0 Å². The Balaban J connectivity index is 1.72. The number of benzene rings is 1. The van der Waals surface area contributed by atoms with Crippen molar-refractivity contribution in [2.45, 2.75) is 44.2 Å². The fourth-order valence-corrected chi connectivity index (χ4v) is 3.86. The number of rotatable bonds is 5. The number of fused-ring (bicyclic) bond motifs is 1. The molecule has 110 valence electrons. The van der Waals surface area contributed by atoms with Crippen LogP contribution in [0, 0.1) is 0 Å². The standard InChI is InChI=1S/C17H24ClNO/c18-10-11-19(15-6-2-3-7-15)13-17-16-8-4-1-5-14(16)9-12-20-17/h1,4-5,8,15,17H,2-3,6-7,9-13H2. The largest absolute Gasteiger partial charge is 0.372 e. The predicted octanol–water partition coefficient (Wildman–Crippen LogP) is 3.78. The summed E-state index contributed by atoms with van der Waals surface area (Å²) in [7, 11) is 0. The van der Waals surface area contributed by atoms with Crippen LogP contribution in [-0.4, -0.2) is 36.5 Å². The van der Waals surface area contributed by atoms with Crippen LogP contribution in [0.4, 0.5) is 0 Å². The van der Waals surface area contributed by atoms with Gasteiger partial charge in [0.1, 0.15) is 0 Å². The van der Waals surface area contributed by atoms with Gasteiger partial charge in [-0.3, -0.25) is 4.90 Å². The van der Waals surface area contributed by atoms with E-state index in [0.717, 1.165) is 26.1 Å². The van der Waals surface area contributed by atoms with Crippen molar-refractivity contribution >= 4 is 11.6 Å². The molecule has 1 aromatic rings. The van der Waals surface area contributed by atoms with Crippen LogP contribution in [0.3, 0.4) is 0 Å². The lowest BCUT2D eigenvalue weighted by Gasteiger charge is -2.34. The first-order valence-electron chi connectivity index (χ1n) is 7.88. The van der Waals surface area contributed by atoms with Gasteiger partial charge in [0.05, 0.1) is 12.7 Å². The first kappa shape index (κ1) is 14.4. The maximum atomic E-state index is 6.06. The van der Waals surface area contributed by atoms with Gasteiger partial charge in [-0.2, -0.15) is 0 Å². The summed E-state index contributed by atoms with van der Waals surface area (Å²) in [5.41, 5.74) is 2.84. The summed E-state index contributed by atoms with van der Waals surface area (Å²) < 4.78 is 6.06. The van der Waals surface area contributed by atoms with Gasteiger partial charge in [-0.15, -0.1) is 11.6 Å². The SMILES string of the molecule is ClCCN(CC1OCCc2ccccc21)C1CCCC1. The quantitative estimate of drug-likeness (QED) is 0.766. The normalized spacial score (nSPS) is 23.2. The van der Waals surface area contributed by atoms with Crippen LogP contribution < -0.4 is 0 Å². The number of hydrogen-bond donors (Lipinski definition) is 0. The molecule has 3 heteroatoms. The number of halogens is 1. The van der Waals surface area contributed by atoms with Crippen LogP contribution in [0.1, 0.15) is 42.9 Å². The summed E-state index contributed by atoms with van der Waals surface area (Å²) in [5.74, 6) is 0.713. The van der Waals surface area contributed by atoms with E-state index in [1.807, 2.05) is 0 Å². The highest BCUT2D eigenvalue weighted by atomic mass is 35.5. The Hall–Kier alpha value is -0.570. The topological polar surface area (TPSA) is 12.5 Å². The van der Waals surface area contributed by atoms with E-state index in [1.165, 1.54) is 36.8 Å². The molecule has 0 radical (unpaired) electrons. The van der Waals surface area contributed by atoms with Crippen LogP contribution in [0.15, 0.2) is 24.3 Å². The van der Waals surface area contributed by atoms with Gasteiger partial charge in [0, 0.05) is 25.0 Å². The first-order chi connectivity index (χ1) is 9.88. The van der Waals surface area contributed by atoms with E-state index in [4.69, 9.17) is 16.3 Å². The van der Waals surface area contributed by atoms with Crippen molar-refractivity contribution in [3.05, 3.63) is 35.4 Å². The number of alkyl halides is 1. The van der Waals surface area contributed by atoms with Gasteiger partial charge in [-0.05, 0) is 30.4 Å². The molecule has 1 fully saturated rings. The van der Waals surface area contributed by atoms with Gasteiger partial charge in [0.2, 0.25) is 0 Å². The molecule has 1 unspecified atom stereocenters. The van der Waals surface area contributed by atoms with Gasteiger partial charge in [-0.25, -0.2) is 0 Å². The monoisotopic (exact) mass is 293 g/mol. The third-order valence-corrected chi connectivity index (χ3v) is 4.87. The molecule has 1 saturated carbocycles. The van der Waals surface area contributed by atoms with E-state index in [2.05, 4.69) is 29.2 Å². The van der Waals surface area contributed by atoms with E-state index in [-0.39, 0.29) is 6.10 Å². The second kappa shape index (κ2) is 6.93. The highest BCUT2D eigenvalue weighted by molar-refractivity contribution is 6.18. The van der Waals surface area contributed by atoms with Crippen molar-refractivity contribution in [1.82, 2.24) is 4.90 Å². The molecule has 3 rings (SSSR count). The lowest BCUT2D eigenvalue weighted by atomic mass is 9.97. The van der Waals surface area contributed by atoms with Gasteiger partial charge in [-0.1, -0.05) is 37.1 Å². The molecule has 1 aromatic carbocycles. The molecule has 0 amide bonds. The Morgan fingerprint density at radius 3 is 2.80 bits per heavy atom. The van der Waals surface area contributed by atoms with Gasteiger partial charge in [0.25, 0.3) is 0 Å². The Morgan fingerprint density at radius 2 is 2.00 bits per heavy atom. The number of hydrogen-bond acceptors (Lipinski definition) is 2. The van der Waals surface area contributed by atoms with E-state index in [9.17, 15) is 0 Å². The van der Waals surface area contributed by atoms with Crippen LogP contribution in [0.5, 0.6) is 0 Å². The van der Waals surface area contributed by atoms with Gasteiger partial charge >= 0.3 is 0 Å². The third-order valence-electron chi connectivity index (χ3n) is 4.71. The fraction of sp³-hybridized carbons (Fsp3) is 0.647. The maximum Gasteiger partial charge on any atom is 0.0954 e. The van der Waals surface area contributed by atoms with Crippen LogP contribution >= 0.6 is 11.6 Å². The highest BCUT2D eigenvalue weighted by Gasteiger charge is 2.28. The number of nitrogens with zero attached hydrogens (tertiary/aromatic N) is 1. The summed E-state index contributed by atoms with van der Waals surface area (Å²) in [6, 6.07) is 9.45. The average Bonchev–Trinajstić information content (AvgIpc) is 3.01. The molecule has 1 aliphatic carbocycles. The molecule has 0 N–H and O–H groups in total. The zero-order valence-corrected chi connectivity index (χ0v) is 12.8. The van der Waals surface area contributed by atoms with E-state index < -0.39 is 0 Å². The van der Waals surface area contributed by atoms with Crippen molar-refractivity contribution in [1.29, 1.82) is 0 Å². The molecule has 20 heavy (non-hydrogen) atoms. The van der Waals surface area contributed by atoms with Gasteiger partial charge in [0.15, 0.2) is 0 Å². The summed E-state index contributed by atoms with van der Waals surface area (Å²) in [4.78, 5) is 2.56. The summed E-state index contributed by atoms with van der Waals surface area (Å²) in [6.07, 6.45) is 6.66. The Kier molecular flexibility index (Phi) is 4.98. The molecule has 2 nitrogen and oxygen atoms in total. The predicted molar refractivity (Wildman–Crippen MR) is 83.4 cm³/mol. The minimum absolute atomic E-state index is 0.226. The third kappa shape index (κ3) is 3.19. The summed E-state index contributed by atoms with van der Waals surface area (Å²) in [6.45, 7) is 2.82. The lowest BCUT2D eigenvalue weighted by Crippen LogP contribution is -2.39. The molecule has 0 spiro atoms. The van der Waals surface area contributed by atoms with Crippen LogP contribution in [-0.2, 0) is 11.2 Å². The minimum atomic E-state index is 0.226. The second-order valence-electron chi connectivity index (χ2n) is 5.93. The molecule has 0 saturated heterocycles. The lowest BCUT2D eigenvalue weighted by molar-refractivity contribution is 0.00795. The smallest absolute Gasteiger partial charge is 0.0954 e. The van der Waals surface area contributed by atoms with Crippen molar-refractivity contribution in [3.8, 4) is 0 Å². The number of ether oxygens (including phenoxy) is 1. The van der Waals surface area contributed by atoms with Crippen molar-refractivity contribution in [2.75, 3.05) is 25.6 Å². The molecule has 1 atom stereocenters. The molecular formula is C17H24ClNO. The molecule has 0 bridgehead atoms.